The predicted octanol–water partition coefficient (Wildman–Crippen LogP) is 2.78. The van der Waals surface area contributed by atoms with Crippen LogP contribution in [0.1, 0.15) is 36.8 Å². The number of amides is 1. The molecule has 12 heteroatoms. The van der Waals surface area contributed by atoms with Gasteiger partial charge in [-0.2, -0.15) is 0 Å². The fourth-order valence-corrected chi connectivity index (χ4v) is 3.77. The second kappa shape index (κ2) is 11.7. The van der Waals surface area contributed by atoms with Gasteiger partial charge in [0.05, 0.1) is 22.3 Å². The number of carboxylic acid groups (broad SMARTS) is 2. The molecular weight excluding hydrogens is 518 g/mol. The molecule has 40 heavy (non-hydrogen) atoms. The predicted molar refractivity (Wildman–Crippen MR) is 144 cm³/mol. The number of ether oxygens (including phenoxy) is 1. The number of aliphatic carboxylic acids is 1. The first kappa shape index (κ1) is 27.3. The van der Waals surface area contributed by atoms with Gasteiger partial charge in [-0.3, -0.25) is 9.59 Å². The quantitative estimate of drug-likeness (QED) is 0.106. The van der Waals surface area contributed by atoms with Gasteiger partial charge in [0.2, 0.25) is 0 Å². The number of hydrogen-bond acceptors (Lipinski definition) is 7. The Labute approximate surface area is 227 Å². The van der Waals surface area contributed by atoms with Gasteiger partial charge in [0.1, 0.15) is 18.0 Å². The number of carboxylic acids is 2. The van der Waals surface area contributed by atoms with Crippen LogP contribution in [0.15, 0.2) is 83.9 Å². The fraction of sp³-hybridized carbons (Fsp3) is 0.0714. The molecular formula is C28H23N5O7. The van der Waals surface area contributed by atoms with Gasteiger partial charge >= 0.3 is 17.9 Å². The largest absolute Gasteiger partial charge is 0.480 e. The average Bonchev–Trinajstić information content (AvgIpc) is 2.92. The third-order valence-electron chi connectivity index (χ3n) is 5.64. The topological polar surface area (TPSA) is 198 Å². The second-order valence-electron chi connectivity index (χ2n) is 8.58. The van der Waals surface area contributed by atoms with E-state index in [4.69, 9.17) is 21.3 Å². The summed E-state index contributed by atoms with van der Waals surface area (Å²) in [4.78, 5) is 57.6. The lowest BCUT2D eigenvalue weighted by atomic mass is 10.1. The van der Waals surface area contributed by atoms with E-state index in [1.165, 1.54) is 48.5 Å². The first-order valence-electron chi connectivity index (χ1n) is 11.7. The Kier molecular flexibility index (Phi) is 7.99. The lowest BCUT2D eigenvalue weighted by Gasteiger charge is -2.20. The lowest BCUT2D eigenvalue weighted by Crippen LogP contribution is -2.35. The minimum Gasteiger partial charge on any atom is -0.480 e. The van der Waals surface area contributed by atoms with Gasteiger partial charge in [0, 0.05) is 11.9 Å². The maximum atomic E-state index is 13.2. The molecule has 0 fully saturated rings. The summed E-state index contributed by atoms with van der Waals surface area (Å²) in [5.74, 6) is -3.38. The average molecular weight is 542 g/mol. The van der Waals surface area contributed by atoms with Gasteiger partial charge in [-0.05, 0) is 66.2 Å². The minimum absolute atomic E-state index is 0.0153. The molecule has 0 aliphatic heterocycles. The Balaban J connectivity index is 1.50. The van der Waals surface area contributed by atoms with E-state index in [-0.39, 0.29) is 35.1 Å². The van der Waals surface area contributed by atoms with E-state index in [0.717, 1.165) is 4.90 Å². The summed E-state index contributed by atoms with van der Waals surface area (Å²) >= 11 is 0. The van der Waals surface area contributed by atoms with Crippen LogP contribution in [0.4, 0.5) is 5.69 Å². The number of benzene rings is 3. The van der Waals surface area contributed by atoms with Crippen molar-refractivity contribution >= 4 is 46.4 Å². The molecule has 0 spiro atoms. The SMILES string of the molecule is NC(N)=Nc1ccc(C(=O)Oc2ccc3nc(C(=O)N(CC(=O)O)Cc4ccc(C(=O)O)cc4)ccc3c2)cc1. The van der Waals surface area contributed by atoms with Crippen molar-refractivity contribution in [2.24, 2.45) is 16.5 Å². The number of carbonyl (C=O) groups excluding carboxylic acids is 2. The lowest BCUT2D eigenvalue weighted by molar-refractivity contribution is -0.137. The molecule has 202 valence electrons. The van der Waals surface area contributed by atoms with Crippen LogP contribution in [0.25, 0.3) is 10.9 Å². The maximum Gasteiger partial charge on any atom is 0.343 e. The highest BCUT2D eigenvalue weighted by atomic mass is 16.5. The number of aromatic nitrogens is 1. The third kappa shape index (κ3) is 6.75. The summed E-state index contributed by atoms with van der Waals surface area (Å²) in [6.45, 7) is -0.645. The molecule has 6 N–H and O–H groups in total. The molecule has 1 amide bonds. The van der Waals surface area contributed by atoms with Gasteiger partial charge in [-0.25, -0.2) is 19.6 Å². The van der Waals surface area contributed by atoms with Crippen molar-refractivity contribution < 1.29 is 34.1 Å². The Hall–Kier alpha value is -5.78. The van der Waals surface area contributed by atoms with Crippen LogP contribution in [-0.2, 0) is 11.3 Å². The molecule has 0 radical (unpaired) electrons. The van der Waals surface area contributed by atoms with Crippen molar-refractivity contribution in [3.05, 3.63) is 101 Å². The Morgan fingerprint density at radius 1 is 0.850 bits per heavy atom. The zero-order chi connectivity index (χ0) is 28.8. The van der Waals surface area contributed by atoms with E-state index in [1.807, 2.05) is 0 Å². The number of guanidine groups is 1. The maximum absolute atomic E-state index is 13.2. The zero-order valence-electron chi connectivity index (χ0n) is 20.9. The normalized spacial score (nSPS) is 10.5. The first-order chi connectivity index (χ1) is 19.1. The molecule has 12 nitrogen and oxygen atoms in total. The van der Waals surface area contributed by atoms with E-state index in [9.17, 15) is 24.3 Å². The molecule has 0 aliphatic rings. The van der Waals surface area contributed by atoms with Gasteiger partial charge in [0.25, 0.3) is 5.91 Å². The number of rotatable bonds is 9. The molecule has 4 aromatic rings. The van der Waals surface area contributed by atoms with Gasteiger partial charge in [0.15, 0.2) is 5.96 Å². The number of aromatic carboxylic acids is 1. The minimum atomic E-state index is -1.21. The fourth-order valence-electron chi connectivity index (χ4n) is 3.77. The van der Waals surface area contributed by atoms with E-state index in [2.05, 4.69) is 9.98 Å². The molecule has 4 rings (SSSR count). The number of nitrogens with zero attached hydrogens (tertiary/aromatic N) is 3. The zero-order valence-corrected chi connectivity index (χ0v) is 20.9. The van der Waals surface area contributed by atoms with Crippen LogP contribution in [0.5, 0.6) is 5.75 Å². The molecule has 0 saturated heterocycles. The Morgan fingerprint density at radius 2 is 1.52 bits per heavy atom. The second-order valence-corrected chi connectivity index (χ2v) is 8.58. The summed E-state index contributed by atoms with van der Waals surface area (Å²) in [6.07, 6.45) is 0. The first-order valence-corrected chi connectivity index (χ1v) is 11.7. The highest BCUT2D eigenvalue weighted by Crippen LogP contribution is 2.22. The number of esters is 1. The van der Waals surface area contributed by atoms with Crippen LogP contribution in [-0.4, -0.2) is 56.4 Å². The smallest absolute Gasteiger partial charge is 0.343 e. The van der Waals surface area contributed by atoms with Crippen molar-refractivity contribution in [3.8, 4) is 5.75 Å². The molecule has 3 aromatic carbocycles. The summed E-state index contributed by atoms with van der Waals surface area (Å²) in [7, 11) is 0. The molecule has 1 aromatic heterocycles. The van der Waals surface area contributed by atoms with Crippen LogP contribution >= 0.6 is 0 Å². The highest BCUT2D eigenvalue weighted by molar-refractivity contribution is 5.97. The molecule has 0 unspecified atom stereocenters. The third-order valence-corrected chi connectivity index (χ3v) is 5.64. The van der Waals surface area contributed by atoms with Crippen molar-refractivity contribution in [1.82, 2.24) is 9.88 Å². The number of hydrogen-bond donors (Lipinski definition) is 4. The van der Waals surface area contributed by atoms with Crippen LogP contribution in [0.3, 0.4) is 0 Å². The molecule has 0 atom stereocenters. The molecule has 0 saturated carbocycles. The summed E-state index contributed by atoms with van der Waals surface area (Å²) in [6, 6.07) is 19.7. The molecule has 0 aliphatic carbocycles. The van der Waals surface area contributed by atoms with Crippen LogP contribution < -0.4 is 16.2 Å². The van der Waals surface area contributed by atoms with E-state index in [1.54, 1.807) is 30.3 Å². The van der Waals surface area contributed by atoms with Crippen molar-refractivity contribution in [1.29, 1.82) is 0 Å². The van der Waals surface area contributed by atoms with E-state index >= 15 is 0 Å². The van der Waals surface area contributed by atoms with E-state index in [0.29, 0.717) is 22.2 Å². The number of carbonyl (C=O) groups is 4. The van der Waals surface area contributed by atoms with E-state index < -0.39 is 30.4 Å². The summed E-state index contributed by atoms with van der Waals surface area (Å²) in [5.41, 5.74) is 12.5. The van der Waals surface area contributed by atoms with Crippen LogP contribution in [0, 0.1) is 0 Å². The Bertz CT molecular complexity index is 1630. The summed E-state index contributed by atoms with van der Waals surface area (Å²) in [5, 5.41) is 19.0. The van der Waals surface area contributed by atoms with Gasteiger partial charge in [-0.1, -0.05) is 18.2 Å². The standard InChI is InChI=1S/C28H23N5O7/c29-28(30)31-20-8-5-18(6-9-20)27(39)40-21-10-12-22-19(13-21)7-11-23(32-22)25(36)33(15-24(34)35)14-16-1-3-17(4-2-16)26(37)38/h1-13H,14-15H2,(H,34,35)(H,37,38)(H4,29,30,31). The number of aliphatic imine (C=N–C) groups is 1. The Morgan fingerprint density at radius 3 is 2.15 bits per heavy atom. The number of pyridine rings is 1. The van der Waals surface area contributed by atoms with Crippen molar-refractivity contribution in [3.63, 3.8) is 0 Å². The molecule has 1 heterocycles. The highest BCUT2D eigenvalue weighted by Gasteiger charge is 2.21. The summed E-state index contributed by atoms with van der Waals surface area (Å²) < 4.78 is 5.45. The van der Waals surface area contributed by atoms with Gasteiger partial charge < -0.3 is 31.3 Å². The van der Waals surface area contributed by atoms with Gasteiger partial charge in [-0.15, -0.1) is 0 Å². The van der Waals surface area contributed by atoms with Crippen molar-refractivity contribution in [2.75, 3.05) is 6.54 Å². The number of nitrogens with two attached hydrogens (primary N) is 2. The van der Waals surface area contributed by atoms with Crippen LogP contribution in [0.2, 0.25) is 0 Å². The number of fused-ring (bicyclic) bond motifs is 1. The molecule has 0 bridgehead atoms. The monoisotopic (exact) mass is 541 g/mol. The van der Waals surface area contributed by atoms with Crippen molar-refractivity contribution in [2.45, 2.75) is 6.54 Å².